The van der Waals surface area contributed by atoms with E-state index in [0.29, 0.717) is 0 Å². The molecule has 3 nitrogen and oxygen atoms in total. The van der Waals surface area contributed by atoms with Crippen LogP contribution in [0.2, 0.25) is 0 Å². The van der Waals surface area contributed by atoms with Crippen LogP contribution in [0.3, 0.4) is 0 Å². The quantitative estimate of drug-likeness (QED) is 0.604. The maximum Gasteiger partial charge on any atom is 0.267 e. The molecule has 0 heterocycles. The van der Waals surface area contributed by atoms with Crippen LogP contribution in [-0.4, -0.2) is 52.2 Å². The highest BCUT2D eigenvalue weighted by molar-refractivity contribution is 7.90. The third kappa shape index (κ3) is 6.31. The zero-order valence-corrected chi connectivity index (χ0v) is 13.6. The predicted octanol–water partition coefficient (Wildman–Crippen LogP) is 2.68. The molecule has 0 saturated carbocycles. The molecule has 0 aromatic heterocycles. The van der Waals surface area contributed by atoms with Crippen molar-refractivity contribution in [2.45, 2.75) is 41.5 Å². The molecule has 0 spiro atoms. The molecule has 18 heavy (non-hydrogen) atoms. The summed E-state index contributed by atoms with van der Waals surface area (Å²) in [4.78, 5) is 0. The van der Waals surface area contributed by atoms with E-state index in [1.54, 1.807) is 0 Å². The van der Waals surface area contributed by atoms with Crippen LogP contribution >= 0.6 is 0 Å². The molecule has 0 unspecified atom stereocenters. The van der Waals surface area contributed by atoms with Crippen molar-refractivity contribution in [1.29, 1.82) is 0 Å². The molecule has 0 amide bonds. The minimum absolute atomic E-state index is 0. The summed E-state index contributed by atoms with van der Waals surface area (Å²) in [5.74, 6) is 0. The zero-order chi connectivity index (χ0) is 12.6. The van der Waals surface area contributed by atoms with E-state index in [2.05, 4.69) is 54.5 Å². The van der Waals surface area contributed by atoms with Crippen molar-refractivity contribution in [3.63, 3.8) is 0 Å². The van der Waals surface area contributed by atoms with Gasteiger partial charge in [0.2, 0.25) is 0 Å². The minimum atomic E-state index is 0. The van der Waals surface area contributed by atoms with Gasteiger partial charge in [0.05, 0.1) is 0 Å². The van der Waals surface area contributed by atoms with Crippen molar-refractivity contribution >= 4 is 11.5 Å². The monoisotopic (exact) mass is 288 g/mol. The first-order valence-corrected chi connectivity index (χ1v) is 7.78. The SMILES string of the molecule is CCN(CC)[S+](N(CC)CC)N(CC)CC.F.F. The van der Waals surface area contributed by atoms with Crippen molar-refractivity contribution in [3.8, 4) is 0 Å². The van der Waals surface area contributed by atoms with Crippen LogP contribution in [0.1, 0.15) is 41.5 Å². The summed E-state index contributed by atoms with van der Waals surface area (Å²) in [6.45, 7) is 20.4. The van der Waals surface area contributed by atoms with Crippen molar-refractivity contribution in [3.05, 3.63) is 0 Å². The van der Waals surface area contributed by atoms with Gasteiger partial charge in [0.25, 0.3) is 11.5 Å². The summed E-state index contributed by atoms with van der Waals surface area (Å²) in [7, 11) is 0. The van der Waals surface area contributed by atoms with Crippen LogP contribution in [0.4, 0.5) is 9.41 Å². The Bertz CT molecular complexity index is 135. The smallest absolute Gasteiger partial charge is 0.267 e. The molecular weight excluding hydrogens is 256 g/mol. The van der Waals surface area contributed by atoms with E-state index in [9.17, 15) is 0 Å². The van der Waals surface area contributed by atoms with Gasteiger partial charge in [-0.3, -0.25) is 9.41 Å². The van der Waals surface area contributed by atoms with Crippen LogP contribution in [0.25, 0.3) is 0 Å². The fourth-order valence-electron chi connectivity index (χ4n) is 1.85. The number of rotatable bonds is 9. The zero-order valence-electron chi connectivity index (χ0n) is 12.8. The van der Waals surface area contributed by atoms with Gasteiger partial charge >= 0.3 is 0 Å². The molecule has 0 aromatic carbocycles. The van der Waals surface area contributed by atoms with Gasteiger partial charge in [-0.1, -0.05) is 12.9 Å². The van der Waals surface area contributed by atoms with Gasteiger partial charge in [-0.15, -0.1) is 0 Å². The van der Waals surface area contributed by atoms with Gasteiger partial charge in [-0.25, -0.2) is 0 Å². The maximum atomic E-state index is 2.57. The first-order chi connectivity index (χ1) is 7.69. The van der Waals surface area contributed by atoms with Crippen LogP contribution in [0.5, 0.6) is 0 Å². The number of halogens is 2. The maximum absolute atomic E-state index is 2.57. The molecule has 0 bridgehead atoms. The van der Waals surface area contributed by atoms with Crippen molar-refractivity contribution in [2.75, 3.05) is 39.3 Å². The highest BCUT2D eigenvalue weighted by Gasteiger charge is 2.38. The van der Waals surface area contributed by atoms with E-state index in [4.69, 9.17) is 0 Å². The van der Waals surface area contributed by atoms with E-state index in [0.717, 1.165) is 39.3 Å². The molecule has 0 aliphatic heterocycles. The molecule has 6 heteroatoms. The standard InChI is InChI=1S/C12H30N3S.2FH/c1-7-13(8-2)16(14(9-3)10-4)15(11-5)12-6;;/h7-12H2,1-6H3;2*1H/q+1;;. The molecular formula is C12H32F2N3S+. The predicted molar refractivity (Wildman–Crippen MR) is 81.1 cm³/mol. The lowest BCUT2D eigenvalue weighted by molar-refractivity contribution is 0.368. The van der Waals surface area contributed by atoms with Crippen LogP contribution in [0, 0.1) is 0 Å². The Balaban J connectivity index is -0.00000112. The highest BCUT2D eigenvalue weighted by Crippen LogP contribution is 2.16. The lowest BCUT2D eigenvalue weighted by Crippen LogP contribution is -2.53. The Morgan fingerprint density at radius 2 is 0.667 bits per heavy atom. The van der Waals surface area contributed by atoms with Gasteiger partial charge in [0, 0.05) is 39.3 Å². The van der Waals surface area contributed by atoms with Gasteiger partial charge in [-0.2, -0.15) is 0 Å². The number of hydrogen-bond donors (Lipinski definition) is 0. The Morgan fingerprint density at radius 3 is 0.778 bits per heavy atom. The molecule has 0 fully saturated rings. The van der Waals surface area contributed by atoms with Gasteiger partial charge in [0.15, 0.2) is 0 Å². The minimum Gasteiger partial charge on any atom is -0.269 e. The van der Waals surface area contributed by atoms with Crippen molar-refractivity contribution in [2.24, 2.45) is 0 Å². The Labute approximate surface area is 115 Å². The van der Waals surface area contributed by atoms with E-state index < -0.39 is 0 Å². The van der Waals surface area contributed by atoms with E-state index >= 15 is 0 Å². The second-order valence-electron chi connectivity index (χ2n) is 3.59. The summed E-state index contributed by atoms with van der Waals surface area (Å²) < 4.78 is 7.71. The highest BCUT2D eigenvalue weighted by atomic mass is 32.2. The molecule has 0 atom stereocenters. The van der Waals surface area contributed by atoms with Crippen molar-refractivity contribution in [1.82, 2.24) is 12.9 Å². The van der Waals surface area contributed by atoms with Crippen LogP contribution in [0.15, 0.2) is 0 Å². The van der Waals surface area contributed by atoms with E-state index in [1.807, 2.05) is 0 Å². The molecule has 0 aliphatic carbocycles. The average Bonchev–Trinajstić information content (AvgIpc) is 2.33. The molecule has 0 saturated heterocycles. The Morgan fingerprint density at radius 1 is 0.500 bits per heavy atom. The summed E-state index contributed by atoms with van der Waals surface area (Å²) in [6.07, 6.45) is 0. The van der Waals surface area contributed by atoms with Gasteiger partial charge < -0.3 is 0 Å². The normalized spacial score (nSPS) is 11.0. The summed E-state index contributed by atoms with van der Waals surface area (Å²) in [5.41, 5.74) is 0. The van der Waals surface area contributed by atoms with Crippen LogP contribution < -0.4 is 0 Å². The fraction of sp³-hybridized carbons (Fsp3) is 1.00. The average molecular weight is 288 g/mol. The summed E-state index contributed by atoms with van der Waals surface area (Å²) >= 11 is 0.162. The van der Waals surface area contributed by atoms with E-state index in [1.165, 1.54) is 0 Å². The van der Waals surface area contributed by atoms with Gasteiger partial charge in [0.1, 0.15) is 0 Å². The van der Waals surface area contributed by atoms with Gasteiger partial charge in [-0.05, 0) is 41.5 Å². The third-order valence-electron chi connectivity index (χ3n) is 2.81. The first-order valence-electron chi connectivity index (χ1n) is 6.69. The topological polar surface area (TPSA) is 9.72 Å². The van der Waals surface area contributed by atoms with Crippen LogP contribution in [-0.2, 0) is 11.5 Å². The lowest BCUT2D eigenvalue weighted by Gasteiger charge is -2.30. The summed E-state index contributed by atoms with van der Waals surface area (Å²) in [5, 5.41) is 0. The molecule has 0 N–H and O–H groups in total. The molecule has 0 rings (SSSR count). The largest absolute Gasteiger partial charge is 0.269 e. The fourth-order valence-corrected chi connectivity index (χ4v) is 4.22. The second-order valence-corrected chi connectivity index (χ2v) is 5.63. The molecule has 0 aromatic rings. The summed E-state index contributed by atoms with van der Waals surface area (Å²) in [6, 6.07) is 0. The molecule has 114 valence electrons. The number of hydrogen-bond acceptors (Lipinski definition) is 3. The van der Waals surface area contributed by atoms with E-state index in [-0.39, 0.29) is 20.9 Å². The third-order valence-corrected chi connectivity index (χ3v) is 5.74. The molecule has 0 radical (unpaired) electrons. The lowest BCUT2D eigenvalue weighted by atomic mass is 10.7. The Hall–Kier alpha value is 0.0900. The second kappa shape index (κ2) is 13.5. The molecule has 0 aliphatic rings. The number of nitrogens with zero attached hydrogens (tertiary/aromatic N) is 3. The van der Waals surface area contributed by atoms with Crippen molar-refractivity contribution < 1.29 is 9.41 Å². The Kier molecular flexibility index (Phi) is 17.4. The first kappa shape index (κ1) is 23.2.